The minimum absolute atomic E-state index is 0.0787. The second-order valence-corrected chi connectivity index (χ2v) is 4.95. The minimum Gasteiger partial charge on any atom is -0.302 e. The summed E-state index contributed by atoms with van der Waals surface area (Å²) in [5, 5.41) is 3.40. The highest BCUT2D eigenvalue weighted by molar-refractivity contribution is 7.15. The molecule has 4 heteroatoms. The van der Waals surface area contributed by atoms with Gasteiger partial charge in [-0.2, -0.15) is 0 Å². The summed E-state index contributed by atoms with van der Waals surface area (Å²) in [4.78, 5) is 16.5. The van der Waals surface area contributed by atoms with Gasteiger partial charge in [-0.25, -0.2) is 4.98 Å². The molecule has 0 unspecified atom stereocenters. The number of aromatic nitrogens is 1. The molecule has 1 aromatic carbocycles. The zero-order valence-corrected chi connectivity index (χ0v) is 10.7. The van der Waals surface area contributed by atoms with Crippen LogP contribution in [0.4, 0.5) is 5.13 Å². The molecule has 0 bridgehead atoms. The number of benzene rings is 1. The predicted octanol–water partition coefficient (Wildman–Crippen LogP) is 3.00. The van der Waals surface area contributed by atoms with Crippen molar-refractivity contribution in [2.45, 2.75) is 20.3 Å². The standard InChI is InChI=1S/C13H14N2OS/c1-9-12(8-11-6-4-3-5-7-11)17-13(14-9)15-10(2)16/h3-7H,8H2,1-2H3,(H,14,15,16). The van der Waals surface area contributed by atoms with Gasteiger partial charge in [0, 0.05) is 18.2 Å². The van der Waals surface area contributed by atoms with E-state index in [1.54, 1.807) is 0 Å². The first-order chi connectivity index (χ1) is 8.15. The van der Waals surface area contributed by atoms with E-state index in [1.807, 2.05) is 25.1 Å². The van der Waals surface area contributed by atoms with Crippen molar-refractivity contribution >= 4 is 22.4 Å². The highest BCUT2D eigenvalue weighted by Crippen LogP contribution is 2.24. The van der Waals surface area contributed by atoms with Crippen molar-refractivity contribution in [1.29, 1.82) is 0 Å². The van der Waals surface area contributed by atoms with Crippen LogP contribution in [0.1, 0.15) is 23.1 Å². The Labute approximate surface area is 105 Å². The Balaban J connectivity index is 2.16. The summed E-state index contributed by atoms with van der Waals surface area (Å²) in [6.45, 7) is 3.47. The van der Waals surface area contributed by atoms with Crippen LogP contribution in [0.2, 0.25) is 0 Å². The number of hydrogen-bond donors (Lipinski definition) is 1. The zero-order valence-electron chi connectivity index (χ0n) is 9.86. The molecule has 0 aliphatic rings. The molecule has 17 heavy (non-hydrogen) atoms. The lowest BCUT2D eigenvalue weighted by molar-refractivity contribution is -0.114. The van der Waals surface area contributed by atoms with Crippen LogP contribution in [0.5, 0.6) is 0 Å². The Hall–Kier alpha value is -1.68. The van der Waals surface area contributed by atoms with Crippen LogP contribution < -0.4 is 5.32 Å². The fourth-order valence-corrected chi connectivity index (χ4v) is 2.62. The molecule has 0 fully saturated rings. The van der Waals surface area contributed by atoms with Gasteiger partial charge in [-0.15, -0.1) is 11.3 Å². The van der Waals surface area contributed by atoms with Crippen molar-refractivity contribution in [2.24, 2.45) is 0 Å². The molecule has 0 aliphatic carbocycles. The van der Waals surface area contributed by atoms with E-state index in [4.69, 9.17) is 0 Å². The fourth-order valence-electron chi connectivity index (χ4n) is 1.58. The summed E-state index contributed by atoms with van der Waals surface area (Å²) in [7, 11) is 0. The molecule has 3 nitrogen and oxygen atoms in total. The zero-order chi connectivity index (χ0) is 12.3. The van der Waals surface area contributed by atoms with Crippen molar-refractivity contribution in [3.8, 4) is 0 Å². The summed E-state index contributed by atoms with van der Waals surface area (Å²) in [5.74, 6) is -0.0787. The first-order valence-electron chi connectivity index (χ1n) is 5.43. The number of thiazole rings is 1. The lowest BCUT2D eigenvalue weighted by Gasteiger charge is -1.98. The molecule has 2 rings (SSSR count). The van der Waals surface area contributed by atoms with Gasteiger partial charge in [0.2, 0.25) is 5.91 Å². The van der Waals surface area contributed by atoms with Crippen LogP contribution in [0, 0.1) is 6.92 Å². The summed E-state index contributed by atoms with van der Waals surface area (Å²) >= 11 is 1.54. The van der Waals surface area contributed by atoms with Gasteiger partial charge < -0.3 is 5.32 Å². The third-order valence-corrected chi connectivity index (χ3v) is 3.46. The second kappa shape index (κ2) is 5.10. The molecule has 2 aromatic rings. The lowest BCUT2D eigenvalue weighted by Crippen LogP contribution is -2.04. The molecular formula is C13H14N2OS. The first kappa shape index (κ1) is 11.8. The fraction of sp³-hybridized carbons (Fsp3) is 0.231. The predicted molar refractivity (Wildman–Crippen MR) is 70.4 cm³/mol. The monoisotopic (exact) mass is 246 g/mol. The van der Waals surface area contributed by atoms with Gasteiger partial charge in [-0.05, 0) is 12.5 Å². The van der Waals surface area contributed by atoms with Gasteiger partial charge in [0.25, 0.3) is 0 Å². The molecule has 0 atom stereocenters. The average molecular weight is 246 g/mol. The maximum absolute atomic E-state index is 10.9. The Morgan fingerprint density at radius 1 is 1.35 bits per heavy atom. The lowest BCUT2D eigenvalue weighted by atomic mass is 10.1. The smallest absolute Gasteiger partial charge is 0.223 e. The van der Waals surface area contributed by atoms with Crippen molar-refractivity contribution in [2.75, 3.05) is 5.32 Å². The number of nitrogens with one attached hydrogen (secondary N) is 1. The number of carbonyl (C=O) groups is 1. The molecule has 0 radical (unpaired) electrons. The maximum Gasteiger partial charge on any atom is 0.223 e. The third-order valence-electron chi connectivity index (χ3n) is 2.38. The summed E-state index contributed by atoms with van der Waals surface area (Å²) in [5.41, 5.74) is 2.25. The molecular weight excluding hydrogens is 232 g/mol. The number of amides is 1. The molecule has 0 spiro atoms. The van der Waals surface area contributed by atoms with E-state index < -0.39 is 0 Å². The van der Waals surface area contributed by atoms with Crippen LogP contribution in [0.15, 0.2) is 30.3 Å². The SMILES string of the molecule is CC(=O)Nc1nc(C)c(Cc2ccccc2)s1. The van der Waals surface area contributed by atoms with E-state index in [9.17, 15) is 4.79 Å². The van der Waals surface area contributed by atoms with Crippen LogP contribution in [0.25, 0.3) is 0 Å². The number of nitrogens with zero attached hydrogens (tertiary/aromatic N) is 1. The van der Waals surface area contributed by atoms with Gasteiger partial charge in [-0.1, -0.05) is 30.3 Å². The Morgan fingerprint density at radius 3 is 2.71 bits per heavy atom. The van der Waals surface area contributed by atoms with Crippen molar-refractivity contribution < 1.29 is 4.79 Å². The van der Waals surface area contributed by atoms with Gasteiger partial charge in [0.05, 0.1) is 5.69 Å². The molecule has 88 valence electrons. The van der Waals surface area contributed by atoms with E-state index in [0.717, 1.165) is 12.1 Å². The molecule has 1 N–H and O–H groups in total. The van der Waals surface area contributed by atoms with Crippen LogP contribution >= 0.6 is 11.3 Å². The number of rotatable bonds is 3. The largest absolute Gasteiger partial charge is 0.302 e. The van der Waals surface area contributed by atoms with E-state index in [0.29, 0.717) is 5.13 Å². The Bertz CT molecular complexity index is 519. The van der Waals surface area contributed by atoms with Crippen molar-refractivity contribution in [1.82, 2.24) is 4.98 Å². The quantitative estimate of drug-likeness (QED) is 0.904. The van der Waals surface area contributed by atoms with E-state index >= 15 is 0 Å². The number of aryl methyl sites for hydroxylation is 1. The van der Waals surface area contributed by atoms with Gasteiger partial charge in [-0.3, -0.25) is 4.79 Å². The van der Waals surface area contributed by atoms with Gasteiger partial charge >= 0.3 is 0 Å². The van der Waals surface area contributed by atoms with Crippen LogP contribution in [-0.2, 0) is 11.2 Å². The average Bonchev–Trinajstić information content (AvgIpc) is 2.59. The molecule has 0 saturated carbocycles. The van der Waals surface area contributed by atoms with Crippen molar-refractivity contribution in [3.63, 3.8) is 0 Å². The topological polar surface area (TPSA) is 42.0 Å². The van der Waals surface area contributed by atoms with Gasteiger partial charge in [0.15, 0.2) is 5.13 Å². The van der Waals surface area contributed by atoms with E-state index in [2.05, 4.69) is 22.4 Å². The molecule has 0 aliphatic heterocycles. The van der Waals surface area contributed by atoms with Crippen molar-refractivity contribution in [3.05, 3.63) is 46.5 Å². The number of anilines is 1. The van der Waals surface area contributed by atoms with E-state index in [1.165, 1.54) is 28.7 Å². The molecule has 1 aromatic heterocycles. The number of hydrogen-bond acceptors (Lipinski definition) is 3. The van der Waals surface area contributed by atoms with Gasteiger partial charge in [0.1, 0.15) is 0 Å². The van der Waals surface area contributed by atoms with Crippen LogP contribution in [-0.4, -0.2) is 10.9 Å². The van der Waals surface area contributed by atoms with E-state index in [-0.39, 0.29) is 5.91 Å². The maximum atomic E-state index is 10.9. The normalized spacial score (nSPS) is 10.2. The summed E-state index contributed by atoms with van der Waals surface area (Å²) in [6.07, 6.45) is 0.865. The first-order valence-corrected chi connectivity index (χ1v) is 6.24. The number of carbonyl (C=O) groups excluding carboxylic acids is 1. The Kier molecular flexibility index (Phi) is 3.54. The minimum atomic E-state index is -0.0787. The summed E-state index contributed by atoms with van der Waals surface area (Å²) in [6, 6.07) is 10.3. The van der Waals surface area contributed by atoms with Crippen LogP contribution in [0.3, 0.4) is 0 Å². The second-order valence-electron chi connectivity index (χ2n) is 3.87. The summed E-state index contributed by atoms with van der Waals surface area (Å²) < 4.78 is 0. The third kappa shape index (κ3) is 3.14. The molecule has 0 saturated heterocycles. The molecule has 1 heterocycles. The Morgan fingerprint density at radius 2 is 2.06 bits per heavy atom. The highest BCUT2D eigenvalue weighted by Gasteiger charge is 2.08. The molecule has 1 amide bonds. The highest BCUT2D eigenvalue weighted by atomic mass is 32.1.